The number of likely N-dealkylation sites (tertiary alicyclic amines) is 1. The van der Waals surface area contributed by atoms with Crippen LogP contribution in [-0.2, 0) is 11.2 Å². The fourth-order valence-electron chi connectivity index (χ4n) is 2.89. The van der Waals surface area contributed by atoms with Crippen LogP contribution in [0.15, 0.2) is 10.6 Å². The van der Waals surface area contributed by atoms with Gasteiger partial charge in [0.25, 0.3) is 5.91 Å². The zero-order valence-electron chi connectivity index (χ0n) is 13.6. The van der Waals surface area contributed by atoms with Gasteiger partial charge in [-0.2, -0.15) is 10.1 Å². The number of H-pyrrole nitrogens is 1. The summed E-state index contributed by atoms with van der Waals surface area (Å²) >= 11 is 0. The molecule has 0 spiro atoms. The largest absolute Gasteiger partial charge is 0.380 e. The zero-order chi connectivity index (χ0) is 16.4. The fourth-order valence-corrected chi connectivity index (χ4v) is 2.89. The first-order valence-corrected chi connectivity index (χ1v) is 7.80. The van der Waals surface area contributed by atoms with Crippen molar-refractivity contribution >= 4 is 5.91 Å². The Morgan fingerprint density at radius 1 is 1.57 bits per heavy atom. The van der Waals surface area contributed by atoms with E-state index in [1.54, 1.807) is 18.9 Å². The maximum Gasteiger partial charge on any atom is 0.275 e. The molecule has 23 heavy (non-hydrogen) atoms. The van der Waals surface area contributed by atoms with Crippen LogP contribution in [0, 0.1) is 6.92 Å². The number of rotatable bonds is 5. The average molecular weight is 319 g/mol. The summed E-state index contributed by atoms with van der Waals surface area (Å²) in [4.78, 5) is 18.8. The number of carbonyl (C=O) groups is 1. The van der Waals surface area contributed by atoms with Crippen molar-refractivity contribution in [3.8, 4) is 0 Å². The Labute approximate surface area is 134 Å². The minimum absolute atomic E-state index is 0.0507. The van der Waals surface area contributed by atoms with E-state index < -0.39 is 0 Å². The molecule has 124 valence electrons. The molecule has 0 radical (unpaired) electrons. The highest BCUT2D eigenvalue weighted by atomic mass is 16.5. The Balaban J connectivity index is 1.83. The molecular weight excluding hydrogens is 298 g/mol. The summed E-state index contributed by atoms with van der Waals surface area (Å²) in [7, 11) is 1.64. The van der Waals surface area contributed by atoms with Crippen LogP contribution >= 0.6 is 0 Å². The number of aryl methyl sites for hydroxylation is 2. The van der Waals surface area contributed by atoms with Gasteiger partial charge in [0.05, 0.1) is 6.10 Å². The quantitative estimate of drug-likeness (QED) is 0.900. The van der Waals surface area contributed by atoms with Crippen LogP contribution in [-0.4, -0.2) is 50.9 Å². The predicted molar refractivity (Wildman–Crippen MR) is 80.8 cm³/mol. The first kappa shape index (κ1) is 15.7. The highest BCUT2D eigenvalue weighted by molar-refractivity contribution is 5.92. The van der Waals surface area contributed by atoms with Gasteiger partial charge in [0, 0.05) is 25.8 Å². The van der Waals surface area contributed by atoms with E-state index in [9.17, 15) is 4.79 Å². The maximum absolute atomic E-state index is 12.8. The number of amides is 1. The lowest BCUT2D eigenvalue weighted by Crippen LogP contribution is -2.32. The van der Waals surface area contributed by atoms with Gasteiger partial charge in [-0.1, -0.05) is 18.5 Å². The third kappa shape index (κ3) is 3.12. The zero-order valence-corrected chi connectivity index (χ0v) is 13.6. The van der Waals surface area contributed by atoms with Gasteiger partial charge in [-0.15, -0.1) is 0 Å². The summed E-state index contributed by atoms with van der Waals surface area (Å²) < 4.78 is 10.7. The molecule has 2 atom stereocenters. The molecule has 0 bridgehead atoms. The van der Waals surface area contributed by atoms with E-state index in [0.29, 0.717) is 30.4 Å². The predicted octanol–water partition coefficient (Wildman–Crippen LogP) is 1.66. The van der Waals surface area contributed by atoms with Crippen molar-refractivity contribution in [2.75, 3.05) is 13.7 Å². The molecule has 8 heteroatoms. The summed E-state index contributed by atoms with van der Waals surface area (Å²) in [5.41, 5.74) is 1.37. The van der Waals surface area contributed by atoms with Crippen LogP contribution in [0.5, 0.6) is 0 Å². The second-order valence-electron chi connectivity index (χ2n) is 5.77. The van der Waals surface area contributed by atoms with Gasteiger partial charge in [-0.25, -0.2) is 0 Å². The van der Waals surface area contributed by atoms with Gasteiger partial charge < -0.3 is 14.2 Å². The van der Waals surface area contributed by atoms with Crippen LogP contribution in [0.25, 0.3) is 0 Å². The van der Waals surface area contributed by atoms with Crippen molar-refractivity contribution in [1.82, 2.24) is 25.2 Å². The van der Waals surface area contributed by atoms with Crippen molar-refractivity contribution < 1.29 is 14.1 Å². The number of carbonyl (C=O) groups excluding carboxylic acids is 1. The second-order valence-corrected chi connectivity index (χ2v) is 5.77. The number of aromatic nitrogens is 4. The molecular formula is C15H21N5O3. The van der Waals surface area contributed by atoms with E-state index in [-0.39, 0.29) is 18.1 Å². The molecule has 1 N–H and O–H groups in total. The van der Waals surface area contributed by atoms with Crippen molar-refractivity contribution in [1.29, 1.82) is 0 Å². The number of nitrogens with zero attached hydrogens (tertiary/aromatic N) is 4. The number of aromatic amines is 1. The Bertz CT molecular complexity index is 680. The van der Waals surface area contributed by atoms with E-state index in [2.05, 4.69) is 27.3 Å². The Morgan fingerprint density at radius 2 is 2.39 bits per heavy atom. The lowest BCUT2D eigenvalue weighted by Gasteiger charge is -2.20. The maximum atomic E-state index is 12.8. The van der Waals surface area contributed by atoms with Gasteiger partial charge >= 0.3 is 0 Å². The molecule has 0 unspecified atom stereocenters. The third-order valence-corrected chi connectivity index (χ3v) is 4.05. The van der Waals surface area contributed by atoms with Crippen LogP contribution in [0.4, 0.5) is 0 Å². The summed E-state index contributed by atoms with van der Waals surface area (Å²) in [6.07, 6.45) is 2.45. The standard InChI is InChI=1S/C15H21N5O3/c1-4-5-10-6-12(18-17-10)15(21)20-8-11(22-3)7-13(20)14-16-9(2)19-23-14/h6,11,13H,4-5,7-8H2,1-3H3,(H,17,18)/t11-,13-/m1/s1. The lowest BCUT2D eigenvalue weighted by molar-refractivity contribution is 0.0665. The monoisotopic (exact) mass is 319 g/mol. The third-order valence-electron chi connectivity index (χ3n) is 4.05. The van der Waals surface area contributed by atoms with E-state index in [1.165, 1.54) is 0 Å². The van der Waals surface area contributed by atoms with Crippen molar-refractivity contribution in [2.45, 2.75) is 45.3 Å². The van der Waals surface area contributed by atoms with Gasteiger partial charge in [0.1, 0.15) is 11.7 Å². The Morgan fingerprint density at radius 3 is 3.04 bits per heavy atom. The average Bonchev–Trinajstić information content (AvgIpc) is 3.25. The van der Waals surface area contributed by atoms with Crippen LogP contribution in [0.3, 0.4) is 0 Å². The molecule has 1 aliphatic heterocycles. The highest BCUT2D eigenvalue weighted by Gasteiger charge is 2.40. The first-order valence-electron chi connectivity index (χ1n) is 7.80. The van der Waals surface area contributed by atoms with E-state index in [4.69, 9.17) is 9.26 Å². The molecule has 1 amide bonds. The summed E-state index contributed by atoms with van der Waals surface area (Å²) in [6, 6.07) is 1.53. The molecule has 1 saturated heterocycles. The smallest absolute Gasteiger partial charge is 0.275 e. The summed E-state index contributed by atoms with van der Waals surface area (Å²) in [5.74, 6) is 0.849. The highest BCUT2D eigenvalue weighted by Crippen LogP contribution is 2.33. The molecule has 0 saturated carbocycles. The molecule has 3 heterocycles. The van der Waals surface area contributed by atoms with Crippen LogP contribution in [0.2, 0.25) is 0 Å². The van der Waals surface area contributed by atoms with E-state index in [0.717, 1.165) is 18.5 Å². The molecule has 0 aromatic carbocycles. The van der Waals surface area contributed by atoms with Crippen LogP contribution < -0.4 is 0 Å². The molecule has 1 fully saturated rings. The molecule has 2 aromatic heterocycles. The van der Waals surface area contributed by atoms with Gasteiger partial charge in [-0.05, 0) is 19.4 Å². The number of methoxy groups -OCH3 is 1. The van der Waals surface area contributed by atoms with Crippen molar-refractivity contribution in [3.05, 3.63) is 29.2 Å². The van der Waals surface area contributed by atoms with Gasteiger partial charge in [-0.3, -0.25) is 9.89 Å². The minimum atomic E-state index is -0.278. The van der Waals surface area contributed by atoms with Crippen molar-refractivity contribution in [2.24, 2.45) is 0 Å². The number of hydrogen-bond donors (Lipinski definition) is 1. The summed E-state index contributed by atoms with van der Waals surface area (Å²) in [6.45, 7) is 4.32. The van der Waals surface area contributed by atoms with Gasteiger partial charge in [0.15, 0.2) is 5.82 Å². The van der Waals surface area contributed by atoms with Gasteiger partial charge in [0.2, 0.25) is 5.89 Å². The fraction of sp³-hybridized carbons (Fsp3) is 0.600. The topological polar surface area (TPSA) is 97.1 Å². The van der Waals surface area contributed by atoms with Crippen molar-refractivity contribution in [3.63, 3.8) is 0 Å². The van der Waals surface area contributed by atoms with Crippen LogP contribution in [0.1, 0.15) is 53.7 Å². The molecule has 3 rings (SSSR count). The number of ether oxygens (including phenoxy) is 1. The molecule has 8 nitrogen and oxygen atoms in total. The minimum Gasteiger partial charge on any atom is -0.380 e. The summed E-state index contributed by atoms with van der Waals surface area (Å²) in [5, 5.41) is 10.9. The Kier molecular flexibility index (Phi) is 4.42. The van der Waals surface area contributed by atoms with E-state index >= 15 is 0 Å². The Hall–Kier alpha value is -2.22. The number of hydrogen-bond acceptors (Lipinski definition) is 6. The first-order chi connectivity index (χ1) is 11.1. The normalized spacial score (nSPS) is 21.1. The lowest BCUT2D eigenvalue weighted by atomic mass is 10.2. The number of nitrogens with one attached hydrogen (secondary N) is 1. The molecule has 0 aliphatic carbocycles. The van der Waals surface area contributed by atoms with E-state index in [1.807, 2.05) is 6.07 Å². The second kappa shape index (κ2) is 6.49. The SMILES string of the molecule is CCCc1cc(C(=O)N2C[C@H](OC)C[C@@H]2c2nc(C)no2)n[nH]1. The molecule has 2 aromatic rings. The molecule has 1 aliphatic rings.